The van der Waals surface area contributed by atoms with E-state index in [0.29, 0.717) is 6.07 Å². The molecule has 0 heterocycles. The van der Waals surface area contributed by atoms with Crippen molar-refractivity contribution < 1.29 is 27.1 Å². The van der Waals surface area contributed by atoms with Gasteiger partial charge in [-0.1, -0.05) is 30.3 Å². The highest BCUT2D eigenvalue weighted by molar-refractivity contribution is 5.96. The fourth-order valence-electron chi connectivity index (χ4n) is 1.99. The molecule has 0 aliphatic heterocycles. The van der Waals surface area contributed by atoms with E-state index in [0.717, 1.165) is 18.6 Å². The summed E-state index contributed by atoms with van der Waals surface area (Å²) in [7, 11) is 0. The van der Waals surface area contributed by atoms with Crippen LogP contribution in [0.15, 0.2) is 42.5 Å². The number of ether oxygens (including phenoxy) is 1. The zero-order valence-corrected chi connectivity index (χ0v) is 11.6. The van der Waals surface area contributed by atoms with E-state index in [1.807, 2.05) is 0 Å². The zero-order chi connectivity index (χ0) is 16.3. The molecule has 2 aromatic rings. The average molecular weight is 312 g/mol. The molecule has 0 unspecified atom stereocenters. The Labute approximate surface area is 124 Å². The molecule has 0 bridgehead atoms. The number of carbonyl (C=O) groups excluding carboxylic acids is 1. The Hall–Kier alpha value is -2.37. The van der Waals surface area contributed by atoms with E-state index < -0.39 is 28.9 Å². The van der Waals surface area contributed by atoms with Gasteiger partial charge in [-0.25, -0.2) is 4.39 Å². The SMILES string of the molecule is CC(=O)c1c(F)cc(OCc2ccccc2)cc1C(F)(F)F. The largest absolute Gasteiger partial charge is 0.489 e. The summed E-state index contributed by atoms with van der Waals surface area (Å²) in [4.78, 5) is 11.2. The van der Waals surface area contributed by atoms with Gasteiger partial charge in [0.05, 0.1) is 11.1 Å². The summed E-state index contributed by atoms with van der Waals surface area (Å²) in [6, 6.07) is 10.2. The molecule has 0 aromatic heterocycles. The first-order valence-electron chi connectivity index (χ1n) is 6.37. The first-order valence-corrected chi connectivity index (χ1v) is 6.37. The standard InChI is InChI=1S/C16H12F4O2/c1-10(21)15-13(16(18,19)20)7-12(8-14(15)17)22-9-11-5-3-2-4-6-11/h2-8H,9H2,1H3. The van der Waals surface area contributed by atoms with Crippen LogP contribution in [0.1, 0.15) is 28.4 Å². The van der Waals surface area contributed by atoms with E-state index in [4.69, 9.17) is 4.74 Å². The molecule has 0 amide bonds. The van der Waals surface area contributed by atoms with Gasteiger partial charge in [0.1, 0.15) is 18.2 Å². The van der Waals surface area contributed by atoms with Crippen molar-refractivity contribution in [3.05, 3.63) is 65.0 Å². The van der Waals surface area contributed by atoms with E-state index in [9.17, 15) is 22.4 Å². The van der Waals surface area contributed by atoms with Crippen molar-refractivity contribution in [2.75, 3.05) is 0 Å². The lowest BCUT2D eigenvalue weighted by molar-refractivity contribution is -0.138. The Kier molecular flexibility index (Phi) is 4.49. The molecule has 0 aliphatic rings. The highest BCUT2D eigenvalue weighted by atomic mass is 19.4. The zero-order valence-electron chi connectivity index (χ0n) is 11.6. The molecule has 116 valence electrons. The number of ketones is 1. The minimum Gasteiger partial charge on any atom is -0.489 e. The van der Waals surface area contributed by atoms with Crippen molar-refractivity contribution in [1.82, 2.24) is 0 Å². The summed E-state index contributed by atoms with van der Waals surface area (Å²) in [5, 5.41) is 0. The van der Waals surface area contributed by atoms with Crippen molar-refractivity contribution >= 4 is 5.78 Å². The van der Waals surface area contributed by atoms with Crippen molar-refractivity contribution in [3.8, 4) is 5.75 Å². The number of carbonyl (C=O) groups is 1. The van der Waals surface area contributed by atoms with Crippen molar-refractivity contribution in [3.63, 3.8) is 0 Å². The molecule has 0 spiro atoms. The lowest BCUT2D eigenvalue weighted by atomic mass is 10.0. The Balaban J connectivity index is 2.34. The minimum absolute atomic E-state index is 0.00298. The summed E-state index contributed by atoms with van der Waals surface area (Å²) in [6.45, 7) is 0.884. The maximum absolute atomic E-state index is 13.8. The van der Waals surface area contributed by atoms with Gasteiger partial charge in [0, 0.05) is 6.07 Å². The maximum atomic E-state index is 13.8. The van der Waals surface area contributed by atoms with Crippen molar-refractivity contribution in [2.45, 2.75) is 19.7 Å². The molecule has 22 heavy (non-hydrogen) atoms. The number of halogens is 4. The molecule has 0 aliphatic carbocycles. The summed E-state index contributed by atoms with van der Waals surface area (Å²) in [6.07, 6.45) is -4.84. The Morgan fingerprint density at radius 3 is 2.32 bits per heavy atom. The van der Waals surface area contributed by atoms with E-state index in [1.165, 1.54) is 0 Å². The molecule has 0 saturated heterocycles. The third-order valence-electron chi connectivity index (χ3n) is 2.97. The monoisotopic (exact) mass is 312 g/mol. The number of benzene rings is 2. The second-order valence-electron chi connectivity index (χ2n) is 4.66. The lowest BCUT2D eigenvalue weighted by Crippen LogP contribution is -2.14. The highest BCUT2D eigenvalue weighted by Gasteiger charge is 2.36. The van der Waals surface area contributed by atoms with Crippen LogP contribution in [-0.4, -0.2) is 5.78 Å². The summed E-state index contributed by atoms with van der Waals surface area (Å²) in [5.74, 6) is -2.51. The Morgan fingerprint density at radius 1 is 1.14 bits per heavy atom. The Bertz CT molecular complexity index is 679. The second kappa shape index (κ2) is 6.17. The first kappa shape index (κ1) is 16.0. The van der Waals surface area contributed by atoms with Gasteiger partial charge in [-0.15, -0.1) is 0 Å². The van der Waals surface area contributed by atoms with E-state index >= 15 is 0 Å². The van der Waals surface area contributed by atoms with E-state index in [-0.39, 0.29) is 12.4 Å². The number of rotatable bonds is 4. The normalized spacial score (nSPS) is 11.3. The topological polar surface area (TPSA) is 26.3 Å². The van der Waals surface area contributed by atoms with Gasteiger partial charge in [-0.2, -0.15) is 13.2 Å². The van der Waals surface area contributed by atoms with Gasteiger partial charge < -0.3 is 4.74 Å². The molecule has 6 heteroatoms. The smallest absolute Gasteiger partial charge is 0.417 e. The molecule has 0 N–H and O–H groups in total. The molecule has 0 atom stereocenters. The molecular weight excluding hydrogens is 300 g/mol. The number of hydrogen-bond donors (Lipinski definition) is 0. The van der Waals surface area contributed by atoms with Crippen LogP contribution < -0.4 is 4.74 Å². The fraction of sp³-hybridized carbons (Fsp3) is 0.188. The molecule has 2 aromatic carbocycles. The second-order valence-corrected chi connectivity index (χ2v) is 4.66. The molecular formula is C16H12F4O2. The van der Waals surface area contributed by atoms with Crippen LogP contribution in [0.3, 0.4) is 0 Å². The minimum atomic E-state index is -4.84. The lowest BCUT2D eigenvalue weighted by Gasteiger charge is -2.14. The number of Topliss-reactive ketones (excluding diaryl/α,β-unsaturated/α-hetero) is 1. The van der Waals surface area contributed by atoms with Gasteiger partial charge >= 0.3 is 6.18 Å². The van der Waals surface area contributed by atoms with Gasteiger partial charge in [0.25, 0.3) is 0 Å². The average Bonchev–Trinajstić information content (AvgIpc) is 2.44. The third-order valence-corrected chi connectivity index (χ3v) is 2.97. The summed E-state index contributed by atoms with van der Waals surface area (Å²) >= 11 is 0. The van der Waals surface area contributed by atoms with Gasteiger partial charge in [-0.05, 0) is 18.6 Å². The van der Waals surface area contributed by atoms with Crippen LogP contribution >= 0.6 is 0 Å². The summed E-state index contributed by atoms with van der Waals surface area (Å²) in [5.41, 5.74) is -1.57. The predicted octanol–water partition coefficient (Wildman–Crippen LogP) is 4.63. The molecule has 0 fully saturated rings. The van der Waals surface area contributed by atoms with Crippen LogP contribution in [0.25, 0.3) is 0 Å². The van der Waals surface area contributed by atoms with Crippen LogP contribution in [-0.2, 0) is 12.8 Å². The van der Waals surface area contributed by atoms with Gasteiger partial charge in [0.2, 0.25) is 0 Å². The van der Waals surface area contributed by atoms with Crippen molar-refractivity contribution in [2.24, 2.45) is 0 Å². The maximum Gasteiger partial charge on any atom is 0.417 e. The number of alkyl halides is 3. The van der Waals surface area contributed by atoms with Crippen LogP contribution in [0, 0.1) is 5.82 Å². The fourth-order valence-corrected chi connectivity index (χ4v) is 1.99. The van der Waals surface area contributed by atoms with E-state index in [1.54, 1.807) is 30.3 Å². The van der Waals surface area contributed by atoms with Crippen LogP contribution in [0.4, 0.5) is 17.6 Å². The number of hydrogen-bond acceptors (Lipinski definition) is 2. The predicted molar refractivity (Wildman–Crippen MR) is 72.2 cm³/mol. The van der Waals surface area contributed by atoms with Gasteiger partial charge in [-0.3, -0.25) is 4.79 Å². The first-order chi connectivity index (χ1) is 10.3. The molecule has 2 nitrogen and oxygen atoms in total. The quantitative estimate of drug-likeness (QED) is 0.608. The van der Waals surface area contributed by atoms with E-state index in [2.05, 4.69) is 0 Å². The molecule has 2 rings (SSSR count). The van der Waals surface area contributed by atoms with Gasteiger partial charge in [0.15, 0.2) is 5.78 Å². The third kappa shape index (κ3) is 3.63. The Morgan fingerprint density at radius 2 is 1.77 bits per heavy atom. The van der Waals surface area contributed by atoms with Crippen LogP contribution in [0.2, 0.25) is 0 Å². The molecule has 0 saturated carbocycles. The summed E-state index contributed by atoms with van der Waals surface area (Å²) < 4.78 is 57.9. The van der Waals surface area contributed by atoms with Crippen LogP contribution in [0.5, 0.6) is 5.75 Å². The molecule has 0 radical (unpaired) electrons. The highest BCUT2D eigenvalue weighted by Crippen LogP contribution is 2.36. The van der Waals surface area contributed by atoms with Crippen molar-refractivity contribution in [1.29, 1.82) is 0 Å².